The van der Waals surface area contributed by atoms with E-state index in [2.05, 4.69) is 10.2 Å². The topological polar surface area (TPSA) is 99.5 Å². The predicted molar refractivity (Wildman–Crippen MR) is 118 cm³/mol. The number of halogens is 2. The quantitative estimate of drug-likeness (QED) is 0.496. The molecule has 2 rings (SSSR count). The van der Waals surface area contributed by atoms with Gasteiger partial charge in [-0.25, -0.2) is 0 Å². The van der Waals surface area contributed by atoms with Crippen LogP contribution in [0.2, 0.25) is 10.0 Å². The molecule has 8 nitrogen and oxygen atoms in total. The van der Waals surface area contributed by atoms with E-state index in [9.17, 15) is 19.2 Å². The van der Waals surface area contributed by atoms with Crippen LogP contribution in [0, 0.1) is 0 Å². The van der Waals surface area contributed by atoms with E-state index >= 15 is 0 Å². The summed E-state index contributed by atoms with van der Waals surface area (Å²) in [5.74, 6) is -2.61. The second-order valence-electron chi connectivity index (χ2n) is 6.27. The van der Waals surface area contributed by atoms with Gasteiger partial charge in [0.15, 0.2) is 0 Å². The van der Waals surface area contributed by atoms with E-state index in [1.807, 2.05) is 0 Å². The second-order valence-corrected chi connectivity index (χ2v) is 7.14. The maximum Gasteiger partial charge on any atom is 0.281 e. The van der Waals surface area contributed by atoms with Crippen molar-refractivity contribution in [2.24, 2.45) is 10.2 Å². The summed E-state index contributed by atoms with van der Waals surface area (Å²) in [6.07, 6.45) is 1.10. The summed E-state index contributed by atoms with van der Waals surface area (Å²) in [6.45, 7) is 3.80. The first-order valence-electron chi connectivity index (χ1n) is 8.90. The number of hydrogen-bond donors (Lipinski definition) is 0. The fourth-order valence-corrected chi connectivity index (χ4v) is 2.54. The highest BCUT2D eigenvalue weighted by atomic mass is 35.5. The van der Waals surface area contributed by atoms with Gasteiger partial charge >= 0.3 is 0 Å². The van der Waals surface area contributed by atoms with Crippen LogP contribution in [0.15, 0.2) is 58.7 Å². The molecule has 31 heavy (non-hydrogen) atoms. The zero-order chi connectivity index (χ0) is 23.1. The average Bonchev–Trinajstić information content (AvgIpc) is 2.72. The Balaban J connectivity index is 2.25. The molecule has 0 unspecified atom stereocenters. The monoisotopic (exact) mass is 460 g/mol. The molecule has 0 fully saturated rings. The van der Waals surface area contributed by atoms with Gasteiger partial charge in [0.05, 0.1) is 11.9 Å². The van der Waals surface area contributed by atoms with E-state index in [1.165, 1.54) is 69.3 Å². The highest BCUT2D eigenvalue weighted by molar-refractivity contribution is 6.31. The zero-order valence-electron chi connectivity index (χ0n) is 16.9. The van der Waals surface area contributed by atoms with Crippen LogP contribution in [-0.2, 0) is 9.59 Å². The van der Waals surface area contributed by atoms with Crippen molar-refractivity contribution in [3.63, 3.8) is 0 Å². The van der Waals surface area contributed by atoms with Crippen LogP contribution in [0.5, 0.6) is 0 Å². The van der Waals surface area contributed by atoms with Crippen LogP contribution >= 0.6 is 23.2 Å². The molecule has 0 heterocycles. The van der Waals surface area contributed by atoms with Crippen molar-refractivity contribution in [3.8, 4) is 0 Å². The fourth-order valence-electron chi connectivity index (χ4n) is 2.29. The fraction of sp³-hybridized carbons (Fsp3) is 0.143. The van der Waals surface area contributed by atoms with E-state index in [1.54, 1.807) is 0 Å². The Labute approximate surface area is 188 Å². The van der Waals surface area contributed by atoms with Gasteiger partial charge in [-0.3, -0.25) is 19.2 Å². The van der Waals surface area contributed by atoms with Gasteiger partial charge in [0, 0.05) is 35.0 Å². The summed E-state index contributed by atoms with van der Waals surface area (Å²) in [7, 11) is 0. The molecule has 0 aliphatic rings. The molecule has 4 amide bonds. The molecule has 0 saturated carbocycles. The molecule has 0 radical (unpaired) electrons. The number of carbonyl (C=O) groups excluding carboxylic acids is 4. The minimum absolute atomic E-state index is 0.104. The molecular weight excluding hydrogens is 443 g/mol. The number of imide groups is 2. The lowest BCUT2D eigenvalue weighted by atomic mass is 10.2. The largest absolute Gasteiger partial charge is 0.281 e. The maximum atomic E-state index is 12.6. The van der Waals surface area contributed by atoms with Crippen molar-refractivity contribution in [3.05, 3.63) is 69.7 Å². The Morgan fingerprint density at radius 3 is 1.48 bits per heavy atom. The molecule has 0 bridgehead atoms. The molecule has 0 atom stereocenters. The lowest BCUT2D eigenvalue weighted by Gasteiger charge is -2.15. The Hall–Kier alpha value is -3.36. The lowest BCUT2D eigenvalue weighted by Crippen LogP contribution is -2.32. The normalized spacial score (nSPS) is 11.3. The van der Waals surface area contributed by atoms with Crippen LogP contribution in [0.3, 0.4) is 0 Å². The maximum absolute atomic E-state index is 12.6. The first kappa shape index (κ1) is 23.9. The summed E-state index contributed by atoms with van der Waals surface area (Å²) in [5.41, 5.74) is 0.513. The van der Waals surface area contributed by atoms with E-state index in [0.29, 0.717) is 20.1 Å². The van der Waals surface area contributed by atoms with Crippen LogP contribution in [0.25, 0.3) is 0 Å². The standard InChI is InChI=1S/C21H18Cl2N4O4/c1-13(25-27(15(3)29)21(31)17-6-10-19(23)11-7-17)12-24-26(14(2)28)20(30)16-4-8-18(22)9-5-16/h4-12H,1-3H3/b24-12+,25-13-. The molecular formula is C21H18Cl2N4O4. The van der Waals surface area contributed by atoms with Crippen molar-refractivity contribution in [1.82, 2.24) is 10.0 Å². The summed E-state index contributed by atoms with van der Waals surface area (Å²) < 4.78 is 0. The number of benzene rings is 2. The summed E-state index contributed by atoms with van der Waals surface area (Å²) in [6, 6.07) is 11.9. The Morgan fingerprint density at radius 1 is 0.710 bits per heavy atom. The minimum atomic E-state index is -0.672. The number of carbonyl (C=O) groups is 4. The van der Waals surface area contributed by atoms with Gasteiger partial charge in [0.25, 0.3) is 11.8 Å². The highest BCUT2D eigenvalue weighted by Gasteiger charge is 2.21. The summed E-state index contributed by atoms with van der Waals surface area (Å²) in [4.78, 5) is 48.9. The third-order valence-corrected chi connectivity index (χ3v) is 4.29. The molecule has 0 aliphatic carbocycles. The van der Waals surface area contributed by atoms with Crippen molar-refractivity contribution >= 4 is 58.8 Å². The van der Waals surface area contributed by atoms with Gasteiger partial charge in [-0.15, -0.1) is 0 Å². The molecule has 2 aromatic rings. The van der Waals surface area contributed by atoms with Crippen molar-refractivity contribution in [1.29, 1.82) is 0 Å². The van der Waals surface area contributed by atoms with Gasteiger partial charge < -0.3 is 0 Å². The molecule has 2 aromatic carbocycles. The van der Waals surface area contributed by atoms with Crippen molar-refractivity contribution in [2.75, 3.05) is 0 Å². The smallest absolute Gasteiger partial charge is 0.273 e. The Kier molecular flexibility index (Phi) is 8.18. The number of hydrazone groups is 2. The van der Waals surface area contributed by atoms with E-state index in [0.717, 1.165) is 6.21 Å². The molecule has 0 aliphatic heterocycles. The van der Waals surface area contributed by atoms with Gasteiger partial charge in [-0.05, 0) is 55.5 Å². The summed E-state index contributed by atoms with van der Waals surface area (Å²) >= 11 is 11.6. The third kappa shape index (κ3) is 6.56. The SMILES string of the molecule is CC(=O)N(/N=C(C)\C=N\N(C(C)=O)C(=O)c1ccc(Cl)cc1)C(=O)c1ccc(Cl)cc1. The molecule has 0 spiro atoms. The third-order valence-electron chi connectivity index (χ3n) is 3.78. The van der Waals surface area contributed by atoms with Gasteiger partial charge in [-0.1, -0.05) is 23.2 Å². The minimum Gasteiger partial charge on any atom is -0.273 e. The van der Waals surface area contributed by atoms with E-state index in [-0.39, 0.29) is 16.8 Å². The van der Waals surface area contributed by atoms with Gasteiger partial charge in [0.2, 0.25) is 11.8 Å². The van der Waals surface area contributed by atoms with Crippen LogP contribution < -0.4 is 0 Å². The predicted octanol–water partition coefficient (Wildman–Crippen LogP) is 4.03. The van der Waals surface area contributed by atoms with Crippen LogP contribution in [0.1, 0.15) is 41.5 Å². The Bertz CT molecular complexity index is 1060. The van der Waals surface area contributed by atoms with Crippen LogP contribution in [0.4, 0.5) is 0 Å². The Morgan fingerprint density at radius 2 is 1.10 bits per heavy atom. The van der Waals surface area contributed by atoms with Crippen molar-refractivity contribution in [2.45, 2.75) is 20.8 Å². The number of amides is 4. The lowest BCUT2D eigenvalue weighted by molar-refractivity contribution is -0.127. The second kappa shape index (κ2) is 10.6. The van der Waals surface area contributed by atoms with Crippen molar-refractivity contribution < 1.29 is 19.2 Å². The number of rotatable bonds is 5. The molecule has 10 heteroatoms. The molecule has 0 N–H and O–H groups in total. The molecule has 0 aromatic heterocycles. The van der Waals surface area contributed by atoms with E-state index < -0.39 is 23.6 Å². The van der Waals surface area contributed by atoms with Crippen LogP contribution in [-0.4, -0.2) is 45.6 Å². The summed E-state index contributed by atoms with van der Waals surface area (Å²) in [5, 5.41) is 9.98. The molecule has 160 valence electrons. The van der Waals surface area contributed by atoms with E-state index in [4.69, 9.17) is 23.2 Å². The van der Waals surface area contributed by atoms with Gasteiger partial charge in [-0.2, -0.15) is 20.2 Å². The van der Waals surface area contributed by atoms with Gasteiger partial charge in [0.1, 0.15) is 0 Å². The molecule has 0 saturated heterocycles. The average molecular weight is 461 g/mol. The highest BCUT2D eigenvalue weighted by Crippen LogP contribution is 2.13. The zero-order valence-corrected chi connectivity index (χ0v) is 18.4. The first-order valence-corrected chi connectivity index (χ1v) is 9.66. The first-order chi connectivity index (χ1) is 14.6. The number of nitrogens with zero attached hydrogens (tertiary/aromatic N) is 4. The number of hydrogen-bond acceptors (Lipinski definition) is 6.